The van der Waals surface area contributed by atoms with Crippen LogP contribution in [0.1, 0.15) is 25.0 Å². The number of benzene rings is 2. The van der Waals surface area contributed by atoms with Crippen molar-refractivity contribution in [3.63, 3.8) is 0 Å². The molecule has 1 N–H and O–H groups in total. The second-order valence-electron chi connectivity index (χ2n) is 6.39. The zero-order valence-electron chi connectivity index (χ0n) is 15.7. The molecule has 0 unspecified atom stereocenters. The van der Waals surface area contributed by atoms with E-state index < -0.39 is 17.2 Å². The number of anilines is 1. The highest BCUT2D eigenvalue weighted by molar-refractivity contribution is 6.32. The number of ether oxygens (including phenoxy) is 1. The van der Waals surface area contributed by atoms with Gasteiger partial charge in [-0.2, -0.15) is 9.78 Å². The van der Waals surface area contributed by atoms with Crippen molar-refractivity contribution in [2.45, 2.75) is 19.4 Å². The van der Waals surface area contributed by atoms with Gasteiger partial charge in [0.05, 0.1) is 18.0 Å². The molecule has 0 spiro atoms. The van der Waals surface area contributed by atoms with Crippen molar-refractivity contribution in [1.82, 2.24) is 9.78 Å². The summed E-state index contributed by atoms with van der Waals surface area (Å²) in [5, 5.41) is 6.84. The molecule has 0 amide bonds. The standard InChI is InChI=1S/C21H20ClF2N3O2/c1-14(15-6-3-2-4-7-15)29-11-5-10-25-18-13-26-27(21(28)20(18)22)19-9-8-16(23)12-17(19)24/h2-4,6-9,12-14,25H,5,10-11H2,1H3/t14-/m1/s1. The Labute approximate surface area is 171 Å². The van der Waals surface area contributed by atoms with Crippen molar-refractivity contribution < 1.29 is 13.5 Å². The highest BCUT2D eigenvalue weighted by Crippen LogP contribution is 2.19. The van der Waals surface area contributed by atoms with Crippen molar-refractivity contribution >= 4 is 17.3 Å². The molecular weight excluding hydrogens is 400 g/mol. The van der Waals surface area contributed by atoms with E-state index in [1.165, 1.54) is 6.20 Å². The predicted molar refractivity (Wildman–Crippen MR) is 109 cm³/mol. The molecule has 1 aromatic heterocycles. The van der Waals surface area contributed by atoms with Crippen LogP contribution in [-0.2, 0) is 4.74 Å². The Balaban J connectivity index is 1.57. The van der Waals surface area contributed by atoms with Crippen LogP contribution in [0.5, 0.6) is 0 Å². The van der Waals surface area contributed by atoms with Gasteiger partial charge in [0.25, 0.3) is 5.56 Å². The third kappa shape index (κ3) is 5.19. The Morgan fingerprint density at radius 2 is 1.97 bits per heavy atom. The van der Waals surface area contributed by atoms with Gasteiger partial charge in [0.15, 0.2) is 5.82 Å². The number of hydrogen-bond donors (Lipinski definition) is 1. The molecule has 8 heteroatoms. The van der Waals surface area contributed by atoms with Crippen LogP contribution in [0.25, 0.3) is 5.69 Å². The largest absolute Gasteiger partial charge is 0.382 e. The fourth-order valence-corrected chi connectivity index (χ4v) is 2.95. The highest BCUT2D eigenvalue weighted by Gasteiger charge is 2.14. The summed E-state index contributed by atoms with van der Waals surface area (Å²) >= 11 is 6.11. The molecule has 2 aromatic carbocycles. The zero-order chi connectivity index (χ0) is 20.8. The molecule has 5 nitrogen and oxygen atoms in total. The fourth-order valence-electron chi connectivity index (χ4n) is 2.76. The summed E-state index contributed by atoms with van der Waals surface area (Å²) < 4.78 is 33.6. The third-order valence-electron chi connectivity index (χ3n) is 4.33. The molecule has 0 saturated carbocycles. The number of rotatable bonds is 8. The number of nitrogens with zero attached hydrogens (tertiary/aromatic N) is 2. The van der Waals surface area contributed by atoms with Crippen LogP contribution in [0.15, 0.2) is 59.5 Å². The quantitative estimate of drug-likeness (QED) is 0.535. The van der Waals surface area contributed by atoms with Gasteiger partial charge in [-0.1, -0.05) is 41.9 Å². The van der Waals surface area contributed by atoms with Gasteiger partial charge >= 0.3 is 0 Å². The first-order chi connectivity index (χ1) is 14.0. The van der Waals surface area contributed by atoms with Gasteiger partial charge in [0, 0.05) is 19.2 Å². The average Bonchev–Trinajstić information content (AvgIpc) is 2.72. The first kappa shape index (κ1) is 21.0. The number of aromatic nitrogens is 2. The van der Waals surface area contributed by atoms with Crippen LogP contribution in [-0.4, -0.2) is 22.9 Å². The molecule has 0 aliphatic carbocycles. The molecule has 0 aliphatic heterocycles. The van der Waals surface area contributed by atoms with E-state index in [9.17, 15) is 13.6 Å². The minimum Gasteiger partial charge on any atom is -0.382 e. The molecule has 0 aliphatic rings. The Bertz CT molecular complexity index is 1030. The molecule has 0 bridgehead atoms. The van der Waals surface area contributed by atoms with Gasteiger partial charge in [-0.05, 0) is 31.0 Å². The van der Waals surface area contributed by atoms with E-state index in [-0.39, 0.29) is 16.8 Å². The van der Waals surface area contributed by atoms with Crippen LogP contribution in [0.2, 0.25) is 5.02 Å². The van der Waals surface area contributed by atoms with Crippen LogP contribution < -0.4 is 10.9 Å². The maximum Gasteiger partial charge on any atom is 0.292 e. The fraction of sp³-hybridized carbons (Fsp3) is 0.238. The first-order valence-electron chi connectivity index (χ1n) is 9.11. The van der Waals surface area contributed by atoms with Crippen molar-refractivity contribution in [2.24, 2.45) is 0 Å². The smallest absolute Gasteiger partial charge is 0.292 e. The lowest BCUT2D eigenvalue weighted by Gasteiger charge is -2.14. The zero-order valence-corrected chi connectivity index (χ0v) is 16.5. The molecular formula is C21H20ClF2N3O2. The van der Waals surface area contributed by atoms with Gasteiger partial charge < -0.3 is 10.1 Å². The van der Waals surface area contributed by atoms with Crippen molar-refractivity contribution in [3.8, 4) is 5.69 Å². The Morgan fingerprint density at radius 3 is 2.69 bits per heavy atom. The number of hydrogen-bond acceptors (Lipinski definition) is 4. The molecule has 3 rings (SSSR count). The van der Waals surface area contributed by atoms with E-state index in [0.29, 0.717) is 31.3 Å². The summed E-state index contributed by atoms with van der Waals surface area (Å²) in [6.07, 6.45) is 2.00. The van der Waals surface area contributed by atoms with E-state index in [1.807, 2.05) is 37.3 Å². The van der Waals surface area contributed by atoms with Crippen LogP contribution in [0.4, 0.5) is 14.5 Å². The minimum absolute atomic E-state index is 0.0176. The Morgan fingerprint density at radius 1 is 1.21 bits per heavy atom. The summed E-state index contributed by atoms with van der Waals surface area (Å²) in [7, 11) is 0. The summed E-state index contributed by atoms with van der Waals surface area (Å²) in [6.45, 7) is 3.01. The molecule has 0 fully saturated rings. The summed E-state index contributed by atoms with van der Waals surface area (Å²) in [5.41, 5.74) is 0.570. The predicted octanol–water partition coefficient (Wildman–Crippen LogP) is 4.74. The van der Waals surface area contributed by atoms with E-state index in [4.69, 9.17) is 16.3 Å². The molecule has 152 valence electrons. The highest BCUT2D eigenvalue weighted by atomic mass is 35.5. The summed E-state index contributed by atoms with van der Waals surface area (Å²) in [6, 6.07) is 12.8. The maximum absolute atomic E-state index is 13.9. The van der Waals surface area contributed by atoms with Gasteiger partial charge in [-0.15, -0.1) is 0 Å². The number of halogens is 3. The topological polar surface area (TPSA) is 56.1 Å². The molecule has 1 heterocycles. The van der Waals surface area contributed by atoms with Crippen LogP contribution in [0, 0.1) is 11.6 Å². The van der Waals surface area contributed by atoms with Crippen molar-refractivity contribution in [2.75, 3.05) is 18.5 Å². The van der Waals surface area contributed by atoms with E-state index in [2.05, 4.69) is 10.4 Å². The summed E-state index contributed by atoms with van der Waals surface area (Å²) in [4.78, 5) is 12.4. The molecule has 1 atom stereocenters. The lowest BCUT2D eigenvalue weighted by molar-refractivity contribution is 0.0656. The van der Waals surface area contributed by atoms with Gasteiger partial charge in [0.2, 0.25) is 0 Å². The Kier molecular flexibility index (Phi) is 6.95. The van der Waals surface area contributed by atoms with E-state index in [1.54, 1.807) is 0 Å². The van der Waals surface area contributed by atoms with E-state index in [0.717, 1.165) is 22.4 Å². The van der Waals surface area contributed by atoms with Crippen LogP contribution >= 0.6 is 11.6 Å². The lowest BCUT2D eigenvalue weighted by Crippen LogP contribution is -2.24. The SMILES string of the molecule is C[C@@H](OCCCNc1cnn(-c2ccc(F)cc2F)c(=O)c1Cl)c1ccccc1. The molecule has 3 aromatic rings. The van der Waals surface area contributed by atoms with Gasteiger partial charge in [0.1, 0.15) is 16.5 Å². The van der Waals surface area contributed by atoms with E-state index >= 15 is 0 Å². The maximum atomic E-state index is 13.9. The molecule has 0 radical (unpaired) electrons. The Hall–Kier alpha value is -2.77. The lowest BCUT2D eigenvalue weighted by atomic mass is 10.1. The van der Waals surface area contributed by atoms with Gasteiger partial charge in [-0.25, -0.2) is 8.78 Å². The normalized spacial score (nSPS) is 12.0. The molecule has 0 saturated heterocycles. The first-order valence-corrected chi connectivity index (χ1v) is 9.49. The molecule has 29 heavy (non-hydrogen) atoms. The monoisotopic (exact) mass is 419 g/mol. The summed E-state index contributed by atoms with van der Waals surface area (Å²) in [5.74, 6) is -1.64. The van der Waals surface area contributed by atoms with Crippen molar-refractivity contribution in [1.29, 1.82) is 0 Å². The van der Waals surface area contributed by atoms with Crippen molar-refractivity contribution in [3.05, 3.63) is 87.3 Å². The van der Waals surface area contributed by atoms with Crippen LogP contribution in [0.3, 0.4) is 0 Å². The second kappa shape index (κ2) is 9.62. The third-order valence-corrected chi connectivity index (χ3v) is 4.70. The second-order valence-corrected chi connectivity index (χ2v) is 6.77. The number of nitrogens with one attached hydrogen (secondary N) is 1. The minimum atomic E-state index is -0.902. The van der Waals surface area contributed by atoms with Gasteiger partial charge in [-0.3, -0.25) is 4.79 Å². The average molecular weight is 420 g/mol.